The average Bonchev–Trinajstić information content (AvgIpc) is 3.11. The molecular formula is C19H25N5O2S. The van der Waals surface area contributed by atoms with Gasteiger partial charge >= 0.3 is 6.03 Å². The molecule has 0 spiro atoms. The molecule has 1 aliphatic rings. The highest BCUT2D eigenvalue weighted by Crippen LogP contribution is 2.34. The number of anilines is 1. The van der Waals surface area contributed by atoms with Gasteiger partial charge in [0.05, 0.1) is 0 Å². The van der Waals surface area contributed by atoms with E-state index in [1.165, 1.54) is 11.3 Å². The van der Waals surface area contributed by atoms with Crippen LogP contribution in [0.3, 0.4) is 0 Å². The number of nitrogens with zero attached hydrogens (tertiary/aromatic N) is 3. The molecule has 1 saturated heterocycles. The van der Waals surface area contributed by atoms with Crippen LogP contribution in [0.1, 0.15) is 38.3 Å². The lowest BCUT2D eigenvalue weighted by atomic mass is 9.85. The first-order chi connectivity index (χ1) is 12.8. The molecular weight excluding hydrogens is 362 g/mol. The summed E-state index contributed by atoms with van der Waals surface area (Å²) in [5.41, 5.74) is 0.819. The van der Waals surface area contributed by atoms with Gasteiger partial charge in [-0.3, -0.25) is 10.1 Å². The molecule has 0 saturated carbocycles. The Morgan fingerprint density at radius 3 is 2.67 bits per heavy atom. The molecule has 1 atom stereocenters. The zero-order chi connectivity index (χ0) is 19.6. The van der Waals surface area contributed by atoms with Crippen LogP contribution in [0.5, 0.6) is 0 Å². The number of rotatable bonds is 4. The van der Waals surface area contributed by atoms with Crippen molar-refractivity contribution in [3.63, 3.8) is 0 Å². The molecule has 1 aromatic carbocycles. The zero-order valence-corrected chi connectivity index (χ0v) is 16.8. The van der Waals surface area contributed by atoms with E-state index in [-0.39, 0.29) is 23.3 Å². The van der Waals surface area contributed by atoms with Crippen molar-refractivity contribution in [3.8, 4) is 0 Å². The predicted molar refractivity (Wildman–Crippen MR) is 106 cm³/mol. The molecule has 1 aromatic heterocycles. The molecule has 2 aromatic rings. The quantitative estimate of drug-likeness (QED) is 0.844. The van der Waals surface area contributed by atoms with Crippen molar-refractivity contribution in [2.24, 2.45) is 5.92 Å². The number of piperazine rings is 1. The largest absolute Gasteiger partial charge is 0.353 e. The van der Waals surface area contributed by atoms with E-state index >= 15 is 0 Å². The van der Waals surface area contributed by atoms with Crippen molar-refractivity contribution in [2.75, 3.05) is 18.4 Å². The fourth-order valence-corrected chi connectivity index (χ4v) is 4.10. The number of hydrogen-bond acceptors (Lipinski definition) is 5. The summed E-state index contributed by atoms with van der Waals surface area (Å²) in [4.78, 5) is 26.4. The molecule has 1 aliphatic heterocycles. The smallest absolute Gasteiger partial charge is 0.324 e. The maximum atomic E-state index is 12.7. The molecule has 0 bridgehead atoms. The molecule has 2 heterocycles. The SMILES string of the molecule is CC(C)C1C(=O)NCCN1C(=O)Nc1nnc(C(C)(C)c2ccccc2)s1. The third-order valence-electron chi connectivity index (χ3n) is 4.82. The van der Waals surface area contributed by atoms with Gasteiger partial charge in [0.25, 0.3) is 0 Å². The summed E-state index contributed by atoms with van der Waals surface area (Å²) < 4.78 is 0. The Labute approximate surface area is 163 Å². The second kappa shape index (κ2) is 7.64. The maximum Gasteiger partial charge on any atom is 0.324 e. The summed E-state index contributed by atoms with van der Waals surface area (Å²) in [6.45, 7) is 8.96. The second-order valence-corrected chi connectivity index (χ2v) is 8.48. The van der Waals surface area contributed by atoms with Crippen molar-refractivity contribution < 1.29 is 9.59 Å². The molecule has 1 unspecified atom stereocenters. The highest BCUT2D eigenvalue weighted by Gasteiger charge is 2.36. The number of urea groups is 1. The first-order valence-electron chi connectivity index (χ1n) is 9.05. The summed E-state index contributed by atoms with van der Waals surface area (Å²) in [6, 6.07) is 9.28. The number of nitrogens with one attached hydrogen (secondary N) is 2. The number of benzene rings is 1. The van der Waals surface area contributed by atoms with Crippen molar-refractivity contribution in [2.45, 2.75) is 39.2 Å². The van der Waals surface area contributed by atoms with Crippen LogP contribution >= 0.6 is 11.3 Å². The van der Waals surface area contributed by atoms with Crippen LogP contribution in [0.25, 0.3) is 0 Å². The Morgan fingerprint density at radius 1 is 1.30 bits per heavy atom. The average molecular weight is 388 g/mol. The lowest BCUT2D eigenvalue weighted by Crippen LogP contribution is -2.60. The number of carbonyl (C=O) groups is 2. The maximum absolute atomic E-state index is 12.7. The van der Waals surface area contributed by atoms with E-state index in [9.17, 15) is 9.59 Å². The molecule has 8 heteroatoms. The number of carbonyl (C=O) groups excluding carboxylic acids is 2. The van der Waals surface area contributed by atoms with Crippen molar-refractivity contribution in [1.29, 1.82) is 0 Å². The van der Waals surface area contributed by atoms with E-state index in [4.69, 9.17) is 0 Å². The van der Waals surface area contributed by atoms with Crippen LogP contribution < -0.4 is 10.6 Å². The molecule has 1 fully saturated rings. The number of amides is 3. The molecule has 3 rings (SSSR count). The fraction of sp³-hybridized carbons (Fsp3) is 0.474. The fourth-order valence-electron chi connectivity index (χ4n) is 3.24. The minimum atomic E-state index is -0.480. The van der Waals surface area contributed by atoms with Gasteiger partial charge in [0.1, 0.15) is 11.0 Å². The molecule has 0 aliphatic carbocycles. The first kappa shape index (κ1) is 19.3. The Kier molecular flexibility index (Phi) is 5.46. The second-order valence-electron chi connectivity index (χ2n) is 7.51. The van der Waals surface area contributed by atoms with Gasteiger partial charge in [-0.25, -0.2) is 4.79 Å². The van der Waals surface area contributed by atoms with Crippen molar-refractivity contribution in [1.82, 2.24) is 20.4 Å². The molecule has 144 valence electrons. The van der Waals surface area contributed by atoms with E-state index in [0.717, 1.165) is 10.6 Å². The normalized spacial score (nSPS) is 17.7. The standard InChI is InChI=1S/C19H25N5O2S/c1-12(2)14-15(25)20-10-11-24(14)18(26)21-17-23-22-16(27-17)19(3,4)13-8-6-5-7-9-13/h5-9,12,14H,10-11H2,1-4H3,(H,20,25)(H,21,23,26). The van der Waals surface area contributed by atoms with Gasteiger partial charge in [0, 0.05) is 18.5 Å². The van der Waals surface area contributed by atoms with E-state index in [1.54, 1.807) is 4.90 Å². The van der Waals surface area contributed by atoms with Crippen LogP contribution in [0.15, 0.2) is 30.3 Å². The number of hydrogen-bond donors (Lipinski definition) is 2. The van der Waals surface area contributed by atoms with Gasteiger partial charge in [0.15, 0.2) is 0 Å². The van der Waals surface area contributed by atoms with Crippen LogP contribution in [-0.2, 0) is 10.2 Å². The minimum absolute atomic E-state index is 0.0260. The van der Waals surface area contributed by atoms with Gasteiger partial charge in [-0.15, -0.1) is 10.2 Å². The van der Waals surface area contributed by atoms with Crippen LogP contribution in [-0.4, -0.2) is 46.2 Å². The third kappa shape index (κ3) is 3.95. The molecule has 0 radical (unpaired) electrons. The number of aromatic nitrogens is 2. The Morgan fingerprint density at radius 2 is 2.00 bits per heavy atom. The van der Waals surface area contributed by atoms with E-state index in [0.29, 0.717) is 18.2 Å². The molecule has 7 nitrogen and oxygen atoms in total. The molecule has 2 N–H and O–H groups in total. The zero-order valence-electron chi connectivity index (χ0n) is 16.0. The van der Waals surface area contributed by atoms with Crippen LogP contribution in [0.4, 0.5) is 9.93 Å². The summed E-state index contributed by atoms with van der Waals surface area (Å²) in [6.07, 6.45) is 0. The third-order valence-corrected chi connectivity index (χ3v) is 5.98. The summed E-state index contributed by atoms with van der Waals surface area (Å²) >= 11 is 1.36. The van der Waals surface area contributed by atoms with Gasteiger partial charge in [-0.2, -0.15) is 0 Å². The van der Waals surface area contributed by atoms with Crippen molar-refractivity contribution in [3.05, 3.63) is 40.9 Å². The topological polar surface area (TPSA) is 87.2 Å². The van der Waals surface area contributed by atoms with Gasteiger partial charge < -0.3 is 10.2 Å². The summed E-state index contributed by atoms with van der Waals surface area (Å²) in [5.74, 6) is -0.0902. The first-order valence-corrected chi connectivity index (χ1v) is 9.87. The Hall–Kier alpha value is -2.48. The summed E-state index contributed by atoms with van der Waals surface area (Å²) in [5, 5.41) is 15.3. The highest BCUT2D eigenvalue weighted by molar-refractivity contribution is 7.15. The van der Waals surface area contributed by atoms with Crippen LogP contribution in [0.2, 0.25) is 0 Å². The summed E-state index contributed by atoms with van der Waals surface area (Å²) in [7, 11) is 0. The molecule has 3 amide bonds. The minimum Gasteiger partial charge on any atom is -0.353 e. The Bertz CT molecular complexity index is 819. The van der Waals surface area contributed by atoms with Gasteiger partial charge in [0.2, 0.25) is 11.0 Å². The van der Waals surface area contributed by atoms with E-state index in [2.05, 4.69) is 46.8 Å². The van der Waals surface area contributed by atoms with Crippen LogP contribution in [0, 0.1) is 5.92 Å². The van der Waals surface area contributed by atoms with Crippen molar-refractivity contribution >= 4 is 28.4 Å². The molecule has 27 heavy (non-hydrogen) atoms. The predicted octanol–water partition coefficient (Wildman–Crippen LogP) is 2.85. The monoisotopic (exact) mass is 387 g/mol. The Balaban J connectivity index is 1.75. The van der Waals surface area contributed by atoms with Gasteiger partial charge in [-0.05, 0) is 25.3 Å². The van der Waals surface area contributed by atoms with E-state index in [1.807, 2.05) is 32.0 Å². The van der Waals surface area contributed by atoms with Gasteiger partial charge in [-0.1, -0.05) is 55.5 Å². The lowest BCUT2D eigenvalue weighted by molar-refractivity contribution is -0.129. The van der Waals surface area contributed by atoms with E-state index < -0.39 is 6.04 Å². The lowest BCUT2D eigenvalue weighted by Gasteiger charge is -2.36. The highest BCUT2D eigenvalue weighted by atomic mass is 32.1.